The molecule has 14 heavy (non-hydrogen) atoms. The lowest BCUT2D eigenvalue weighted by Crippen LogP contribution is -2.14. The number of benzene rings is 1. The van der Waals surface area contributed by atoms with Crippen LogP contribution in [0.3, 0.4) is 0 Å². The summed E-state index contributed by atoms with van der Waals surface area (Å²) in [7, 11) is 0. The molecule has 1 rings (SSSR count). The van der Waals surface area contributed by atoms with Gasteiger partial charge in [-0.3, -0.25) is 0 Å². The highest BCUT2D eigenvalue weighted by Gasteiger charge is 2.28. The first-order chi connectivity index (χ1) is 6.58. The average Bonchev–Trinajstić information content (AvgIpc) is 2.13. The number of halogens is 3. The van der Waals surface area contributed by atoms with Gasteiger partial charge < -0.3 is 4.84 Å². The Morgan fingerprint density at radius 1 is 1.21 bits per heavy atom. The molecule has 0 aromatic heterocycles. The van der Waals surface area contributed by atoms with E-state index in [4.69, 9.17) is 0 Å². The molecule has 0 saturated heterocycles. The summed E-state index contributed by atoms with van der Waals surface area (Å²) in [6.45, 7) is -1.36. The second kappa shape index (κ2) is 4.64. The maximum Gasteiger partial charge on any atom is 0.425 e. The van der Waals surface area contributed by atoms with Gasteiger partial charge in [0.15, 0.2) is 0 Å². The maximum absolute atomic E-state index is 11.6. The van der Waals surface area contributed by atoms with Crippen molar-refractivity contribution in [2.75, 3.05) is 6.61 Å². The van der Waals surface area contributed by atoms with Crippen molar-refractivity contribution in [3.63, 3.8) is 0 Å². The second-order valence-electron chi connectivity index (χ2n) is 2.53. The van der Waals surface area contributed by atoms with E-state index in [-0.39, 0.29) is 0 Å². The minimum atomic E-state index is -4.34. The minimum Gasteiger partial charge on any atom is -0.386 e. The van der Waals surface area contributed by atoms with E-state index >= 15 is 0 Å². The van der Waals surface area contributed by atoms with Crippen molar-refractivity contribution in [1.82, 2.24) is 0 Å². The Hall–Kier alpha value is -1.52. The Morgan fingerprint density at radius 2 is 1.86 bits per heavy atom. The summed E-state index contributed by atoms with van der Waals surface area (Å²) in [6, 6.07) is 8.73. The number of hydrogen-bond acceptors (Lipinski definition) is 2. The van der Waals surface area contributed by atoms with Crippen LogP contribution in [0.15, 0.2) is 35.5 Å². The molecule has 0 N–H and O–H groups in total. The summed E-state index contributed by atoms with van der Waals surface area (Å²) in [5.41, 5.74) is 0.690. The van der Waals surface area contributed by atoms with Gasteiger partial charge in [0.1, 0.15) is 0 Å². The summed E-state index contributed by atoms with van der Waals surface area (Å²) < 4.78 is 34.7. The van der Waals surface area contributed by atoms with Crippen LogP contribution in [0.25, 0.3) is 0 Å². The molecular weight excluding hydrogens is 195 g/mol. The van der Waals surface area contributed by atoms with Gasteiger partial charge in [-0.25, -0.2) is 0 Å². The molecule has 0 fully saturated rings. The molecule has 76 valence electrons. The molecule has 1 aromatic rings. The van der Waals surface area contributed by atoms with Crippen LogP contribution in [0.5, 0.6) is 0 Å². The Bertz CT molecular complexity index is 295. The summed E-state index contributed by atoms with van der Waals surface area (Å²) >= 11 is 0. The monoisotopic (exact) mass is 203 g/mol. The lowest BCUT2D eigenvalue weighted by atomic mass is 10.2. The number of hydrogen-bond donors (Lipinski definition) is 0. The van der Waals surface area contributed by atoms with E-state index in [1.807, 2.05) is 0 Å². The summed E-state index contributed by atoms with van der Waals surface area (Å²) in [4.78, 5) is 4.05. The van der Waals surface area contributed by atoms with Crippen LogP contribution >= 0.6 is 0 Å². The van der Waals surface area contributed by atoms with E-state index in [0.717, 1.165) is 0 Å². The molecule has 0 atom stereocenters. The van der Waals surface area contributed by atoms with Gasteiger partial charge in [0, 0.05) is 0 Å². The summed E-state index contributed by atoms with van der Waals surface area (Å²) in [6.07, 6.45) is -3.11. The molecule has 0 aliphatic rings. The number of rotatable bonds is 3. The van der Waals surface area contributed by atoms with Crippen LogP contribution < -0.4 is 0 Å². The van der Waals surface area contributed by atoms with Gasteiger partial charge in [-0.05, 0) is 5.56 Å². The second-order valence-corrected chi connectivity index (χ2v) is 2.53. The molecular formula is C9H8F3NO. The zero-order valence-electron chi connectivity index (χ0n) is 7.16. The Balaban J connectivity index is 2.35. The number of nitrogens with zero attached hydrogens (tertiary/aromatic N) is 1. The highest BCUT2D eigenvalue weighted by atomic mass is 19.4. The topological polar surface area (TPSA) is 21.6 Å². The lowest BCUT2D eigenvalue weighted by molar-refractivity contribution is -0.173. The number of alkyl halides is 3. The van der Waals surface area contributed by atoms with Gasteiger partial charge in [0.2, 0.25) is 6.61 Å². The van der Waals surface area contributed by atoms with Crippen molar-refractivity contribution < 1.29 is 18.0 Å². The van der Waals surface area contributed by atoms with Crippen LogP contribution in [-0.2, 0) is 4.84 Å². The Kier molecular flexibility index (Phi) is 3.50. The molecule has 0 saturated carbocycles. The first kappa shape index (κ1) is 10.6. The summed E-state index contributed by atoms with van der Waals surface area (Å²) in [5, 5.41) is 3.18. The molecule has 0 aliphatic carbocycles. The van der Waals surface area contributed by atoms with Crippen LogP contribution in [0.2, 0.25) is 0 Å². The van der Waals surface area contributed by atoms with E-state index in [9.17, 15) is 13.2 Å². The third kappa shape index (κ3) is 4.49. The van der Waals surface area contributed by atoms with Crippen LogP contribution in [0, 0.1) is 0 Å². The van der Waals surface area contributed by atoms with Gasteiger partial charge in [0.25, 0.3) is 0 Å². The highest BCUT2D eigenvalue weighted by molar-refractivity contribution is 5.78. The van der Waals surface area contributed by atoms with Gasteiger partial charge in [0.05, 0.1) is 6.21 Å². The smallest absolute Gasteiger partial charge is 0.386 e. The maximum atomic E-state index is 11.6. The van der Waals surface area contributed by atoms with Crippen molar-refractivity contribution in [3.8, 4) is 0 Å². The third-order valence-corrected chi connectivity index (χ3v) is 1.30. The molecule has 1 aromatic carbocycles. The number of oxime groups is 1. The van der Waals surface area contributed by atoms with Crippen LogP contribution in [0.1, 0.15) is 5.56 Å². The zero-order valence-corrected chi connectivity index (χ0v) is 7.16. The SMILES string of the molecule is FC(F)(F)CON=Cc1ccccc1. The van der Waals surface area contributed by atoms with Gasteiger partial charge in [-0.1, -0.05) is 35.5 Å². The molecule has 0 radical (unpaired) electrons. The predicted octanol–water partition coefficient (Wildman–Crippen LogP) is 2.60. The fraction of sp³-hybridized carbons (Fsp3) is 0.222. The average molecular weight is 203 g/mol. The van der Waals surface area contributed by atoms with E-state index < -0.39 is 12.8 Å². The molecule has 2 nitrogen and oxygen atoms in total. The van der Waals surface area contributed by atoms with Crippen molar-refractivity contribution in [2.45, 2.75) is 6.18 Å². The van der Waals surface area contributed by atoms with Gasteiger partial charge in [-0.15, -0.1) is 0 Å². The predicted molar refractivity (Wildman–Crippen MR) is 46.0 cm³/mol. The fourth-order valence-corrected chi connectivity index (χ4v) is 0.748. The van der Waals surface area contributed by atoms with Crippen LogP contribution in [0.4, 0.5) is 13.2 Å². The van der Waals surface area contributed by atoms with Gasteiger partial charge in [-0.2, -0.15) is 13.2 Å². The summed E-state index contributed by atoms with van der Waals surface area (Å²) in [5.74, 6) is 0. The van der Waals surface area contributed by atoms with E-state index in [1.165, 1.54) is 6.21 Å². The van der Waals surface area contributed by atoms with E-state index in [0.29, 0.717) is 5.56 Å². The molecule has 0 spiro atoms. The largest absolute Gasteiger partial charge is 0.425 e. The van der Waals surface area contributed by atoms with Crippen molar-refractivity contribution in [3.05, 3.63) is 35.9 Å². The quantitative estimate of drug-likeness (QED) is 0.546. The molecule has 0 amide bonds. The first-order valence-electron chi connectivity index (χ1n) is 3.85. The van der Waals surface area contributed by atoms with Crippen molar-refractivity contribution >= 4 is 6.21 Å². The first-order valence-corrected chi connectivity index (χ1v) is 3.85. The van der Waals surface area contributed by atoms with E-state index in [1.54, 1.807) is 30.3 Å². The van der Waals surface area contributed by atoms with Crippen molar-refractivity contribution in [2.24, 2.45) is 5.16 Å². The molecule has 0 aliphatic heterocycles. The molecule has 0 bridgehead atoms. The Morgan fingerprint density at radius 3 is 2.43 bits per heavy atom. The minimum absolute atomic E-state index is 0.690. The Labute approximate surface area is 79.0 Å². The molecule has 5 heteroatoms. The van der Waals surface area contributed by atoms with Crippen molar-refractivity contribution in [1.29, 1.82) is 0 Å². The highest BCUT2D eigenvalue weighted by Crippen LogP contribution is 2.14. The molecule has 0 heterocycles. The third-order valence-electron chi connectivity index (χ3n) is 1.30. The standard InChI is InChI=1S/C9H8F3NO/c10-9(11,12)7-14-13-6-8-4-2-1-3-5-8/h1-6H,7H2. The normalized spacial score (nSPS) is 11.9. The van der Waals surface area contributed by atoms with E-state index in [2.05, 4.69) is 9.99 Å². The van der Waals surface area contributed by atoms with Gasteiger partial charge >= 0.3 is 6.18 Å². The molecule has 0 unspecified atom stereocenters. The van der Waals surface area contributed by atoms with Crippen LogP contribution in [-0.4, -0.2) is 19.0 Å². The fourth-order valence-electron chi connectivity index (χ4n) is 0.748. The lowest BCUT2D eigenvalue weighted by Gasteiger charge is -2.02. The zero-order chi connectivity index (χ0) is 10.4.